The second kappa shape index (κ2) is 11.8. The molecule has 2 aromatic rings. The molecule has 4 rings (SSSR count). The second-order valence-corrected chi connectivity index (χ2v) is 15.1. The number of hydrogen-bond donors (Lipinski definition) is 0. The minimum absolute atomic E-state index is 0.244. The summed E-state index contributed by atoms with van der Waals surface area (Å²) in [5, 5.41) is 3.87. The smallest absolute Gasteiger partial charge is 0.330 e. The van der Waals surface area contributed by atoms with Gasteiger partial charge in [0.05, 0.1) is 6.61 Å². The summed E-state index contributed by atoms with van der Waals surface area (Å²) < 4.78 is 5.41. The van der Waals surface area contributed by atoms with Crippen LogP contribution >= 0.6 is 6.04 Å². The average Bonchev–Trinajstić information content (AvgIpc) is 2.87. The Morgan fingerprint density at radius 2 is 1.55 bits per heavy atom. The Bertz CT molecular complexity index is 993. The molecule has 178 valence electrons. The van der Waals surface area contributed by atoms with Crippen molar-refractivity contribution in [3.05, 3.63) is 48.0 Å². The number of benzene rings is 2. The van der Waals surface area contributed by atoms with Gasteiger partial charge in [-0.1, -0.05) is 87.9 Å². The normalized spacial score (nSPS) is 18.7. The Morgan fingerprint density at radius 1 is 0.970 bits per heavy atom. The first-order valence-electron chi connectivity index (χ1n) is 13.1. The van der Waals surface area contributed by atoms with Crippen LogP contribution in [0.2, 0.25) is 0 Å². The van der Waals surface area contributed by atoms with Gasteiger partial charge in [-0.25, -0.2) is 4.79 Å². The monoisotopic (exact) mass is 482 g/mol. The predicted molar refractivity (Wildman–Crippen MR) is 147 cm³/mol. The van der Waals surface area contributed by atoms with Crippen molar-refractivity contribution in [3.8, 4) is 0 Å². The summed E-state index contributed by atoms with van der Waals surface area (Å²) in [5.41, 5.74) is 2.45. The first kappa shape index (κ1) is 24.7. The van der Waals surface area contributed by atoms with Crippen LogP contribution in [0.4, 0.5) is 0 Å². The summed E-state index contributed by atoms with van der Waals surface area (Å²) in [6.45, 7) is 2.60. The van der Waals surface area contributed by atoms with Crippen LogP contribution in [0.15, 0.2) is 42.5 Å². The zero-order chi connectivity index (χ0) is 23.1. The number of carbonyl (C=O) groups excluding carboxylic acids is 1. The van der Waals surface area contributed by atoms with Crippen LogP contribution < -0.4 is 5.30 Å². The zero-order valence-electron chi connectivity index (χ0n) is 20.1. The van der Waals surface area contributed by atoms with Gasteiger partial charge >= 0.3 is 5.97 Å². The van der Waals surface area contributed by atoms with Crippen molar-refractivity contribution in [2.45, 2.75) is 95.3 Å². The molecule has 0 atom stereocenters. The quantitative estimate of drug-likeness (QED) is 0.165. The highest BCUT2D eigenvalue weighted by molar-refractivity contribution is 8.19. The Hall–Kier alpha value is -1.44. The number of fused-ring (bicyclic) bond motifs is 1. The summed E-state index contributed by atoms with van der Waals surface area (Å²) in [6.07, 6.45) is 18.7. The standard InChI is InChI=1S/C29H39O2PS/c1-2-3-20-31-29(30)19-18-25-21-23-12-10-11-13-24(23)22-28(25)32(33,26-14-6-4-7-15-26)27-16-8-5-9-17-27/h10-13,18-19,21-22,26-27H,2-9,14-17,20H2,1H3/b19-18+. The molecular formula is C29H39O2PS. The second-order valence-electron chi connectivity index (χ2n) is 9.91. The van der Waals surface area contributed by atoms with Crippen molar-refractivity contribution in [1.82, 2.24) is 0 Å². The predicted octanol–water partition coefficient (Wildman–Crippen LogP) is 7.97. The van der Waals surface area contributed by atoms with Crippen molar-refractivity contribution < 1.29 is 9.53 Å². The number of hydrogen-bond acceptors (Lipinski definition) is 3. The molecular weight excluding hydrogens is 443 g/mol. The fourth-order valence-corrected chi connectivity index (χ4v) is 12.1. The summed E-state index contributed by atoms with van der Waals surface area (Å²) in [4.78, 5) is 12.4. The fourth-order valence-electron chi connectivity index (χ4n) is 5.83. The molecule has 0 heterocycles. The molecule has 0 unspecified atom stereocenters. The molecule has 2 saturated carbocycles. The highest BCUT2D eigenvalue weighted by Gasteiger charge is 2.39. The van der Waals surface area contributed by atoms with E-state index in [-0.39, 0.29) is 5.97 Å². The maximum atomic E-state index is 12.4. The molecule has 4 heteroatoms. The number of unbranched alkanes of at least 4 members (excludes halogenated alkanes) is 1. The third kappa shape index (κ3) is 5.80. The van der Waals surface area contributed by atoms with Crippen molar-refractivity contribution in [1.29, 1.82) is 0 Å². The van der Waals surface area contributed by atoms with Gasteiger partial charge < -0.3 is 4.74 Å². The van der Waals surface area contributed by atoms with Gasteiger partial charge in [-0.3, -0.25) is 0 Å². The van der Waals surface area contributed by atoms with Gasteiger partial charge in [-0.05, 0) is 89.3 Å². The van der Waals surface area contributed by atoms with Crippen LogP contribution in [0, 0.1) is 0 Å². The molecule has 2 fully saturated rings. The van der Waals surface area contributed by atoms with E-state index in [0.717, 1.165) is 18.4 Å². The van der Waals surface area contributed by atoms with Crippen molar-refractivity contribution in [3.63, 3.8) is 0 Å². The molecule has 0 amide bonds. The minimum Gasteiger partial charge on any atom is -0.463 e. The highest BCUT2D eigenvalue weighted by Crippen LogP contribution is 2.62. The topological polar surface area (TPSA) is 26.3 Å². The molecule has 0 radical (unpaired) electrons. The van der Waals surface area contributed by atoms with Crippen LogP contribution in [0.5, 0.6) is 0 Å². The number of ether oxygens (including phenoxy) is 1. The molecule has 0 aliphatic heterocycles. The van der Waals surface area contributed by atoms with E-state index in [1.807, 2.05) is 6.08 Å². The Labute approximate surface area is 205 Å². The van der Waals surface area contributed by atoms with E-state index in [2.05, 4.69) is 43.3 Å². The van der Waals surface area contributed by atoms with E-state index in [1.165, 1.54) is 80.3 Å². The molecule has 2 nitrogen and oxygen atoms in total. The van der Waals surface area contributed by atoms with E-state index in [1.54, 1.807) is 6.08 Å². The van der Waals surface area contributed by atoms with E-state index in [4.69, 9.17) is 16.5 Å². The van der Waals surface area contributed by atoms with Crippen LogP contribution in [0.1, 0.15) is 89.5 Å². The van der Waals surface area contributed by atoms with Crippen LogP contribution in [-0.2, 0) is 21.3 Å². The molecule has 2 aromatic carbocycles. The maximum absolute atomic E-state index is 12.4. The van der Waals surface area contributed by atoms with Gasteiger partial charge in [-0.2, -0.15) is 0 Å². The van der Waals surface area contributed by atoms with Gasteiger partial charge in [-0.15, -0.1) is 0 Å². The van der Waals surface area contributed by atoms with Crippen molar-refractivity contribution >= 4 is 46.0 Å². The third-order valence-corrected chi connectivity index (χ3v) is 14.4. The van der Waals surface area contributed by atoms with E-state index < -0.39 is 6.04 Å². The molecule has 0 saturated heterocycles. The molecule has 2 aliphatic rings. The van der Waals surface area contributed by atoms with Crippen molar-refractivity contribution in [2.24, 2.45) is 0 Å². The molecule has 0 bridgehead atoms. The first-order valence-corrected chi connectivity index (χ1v) is 16.0. The lowest BCUT2D eigenvalue weighted by molar-refractivity contribution is -0.137. The lowest BCUT2D eigenvalue weighted by Crippen LogP contribution is -2.30. The minimum atomic E-state index is -1.82. The van der Waals surface area contributed by atoms with Crippen LogP contribution in [0.25, 0.3) is 16.8 Å². The number of rotatable bonds is 8. The lowest BCUT2D eigenvalue weighted by atomic mass is 9.99. The largest absolute Gasteiger partial charge is 0.463 e. The molecule has 0 N–H and O–H groups in total. The SMILES string of the molecule is CCCCOC(=O)/C=C/c1cc2ccccc2cc1P(=S)(C1CCCCC1)C1CCCCC1. The zero-order valence-corrected chi connectivity index (χ0v) is 21.8. The van der Waals surface area contributed by atoms with Gasteiger partial charge in [0, 0.05) is 6.08 Å². The number of esters is 1. The van der Waals surface area contributed by atoms with Crippen molar-refractivity contribution in [2.75, 3.05) is 6.61 Å². The summed E-state index contributed by atoms with van der Waals surface area (Å²) in [6, 6.07) is 11.4. The molecule has 33 heavy (non-hydrogen) atoms. The fraction of sp³-hybridized carbons (Fsp3) is 0.552. The van der Waals surface area contributed by atoms with E-state index >= 15 is 0 Å². The van der Waals surface area contributed by atoms with E-state index in [0.29, 0.717) is 17.9 Å². The summed E-state index contributed by atoms with van der Waals surface area (Å²) >= 11 is 6.89. The van der Waals surface area contributed by atoms with Gasteiger partial charge in [0.2, 0.25) is 0 Å². The third-order valence-electron chi connectivity index (χ3n) is 7.65. The number of carbonyl (C=O) groups is 1. The maximum Gasteiger partial charge on any atom is 0.330 e. The van der Waals surface area contributed by atoms with Crippen LogP contribution in [0.3, 0.4) is 0 Å². The summed E-state index contributed by atoms with van der Waals surface area (Å²) in [7, 11) is 0. The summed E-state index contributed by atoms with van der Waals surface area (Å²) in [5.74, 6) is -0.244. The Morgan fingerprint density at radius 3 is 2.12 bits per heavy atom. The molecule has 0 spiro atoms. The van der Waals surface area contributed by atoms with Gasteiger partial charge in [0.15, 0.2) is 0 Å². The highest BCUT2D eigenvalue weighted by atomic mass is 32.4. The average molecular weight is 483 g/mol. The molecule has 2 aliphatic carbocycles. The Balaban J connectivity index is 1.78. The lowest BCUT2D eigenvalue weighted by Gasteiger charge is -2.42. The van der Waals surface area contributed by atoms with Crippen LogP contribution in [-0.4, -0.2) is 23.9 Å². The Kier molecular flexibility index (Phi) is 8.83. The molecule has 0 aromatic heterocycles. The van der Waals surface area contributed by atoms with Gasteiger partial charge in [0.1, 0.15) is 0 Å². The first-order chi connectivity index (χ1) is 16.1. The van der Waals surface area contributed by atoms with E-state index in [9.17, 15) is 4.79 Å². The van der Waals surface area contributed by atoms with Gasteiger partial charge in [0.25, 0.3) is 0 Å².